The second-order valence-electron chi connectivity index (χ2n) is 4.98. The standard InChI is InChI=1S/C14H21NO/c1-9-5-13(15-8-9)12-6-10(2)11(3)7-14(12)16-4/h6-7,9,13,15H,5,8H2,1-4H3. The quantitative estimate of drug-likeness (QED) is 0.825. The third-order valence-electron chi connectivity index (χ3n) is 3.57. The summed E-state index contributed by atoms with van der Waals surface area (Å²) in [5, 5.41) is 3.56. The second kappa shape index (κ2) is 4.46. The summed E-state index contributed by atoms with van der Waals surface area (Å²) in [5.41, 5.74) is 3.96. The number of hydrogen-bond donors (Lipinski definition) is 1. The number of hydrogen-bond acceptors (Lipinski definition) is 2. The molecule has 1 fully saturated rings. The molecule has 1 N–H and O–H groups in total. The predicted molar refractivity (Wildman–Crippen MR) is 67.0 cm³/mol. The Balaban J connectivity index is 2.35. The fourth-order valence-electron chi connectivity index (χ4n) is 2.41. The predicted octanol–water partition coefficient (Wildman–Crippen LogP) is 2.98. The molecule has 0 saturated carbocycles. The van der Waals surface area contributed by atoms with Gasteiger partial charge in [-0.15, -0.1) is 0 Å². The Bertz CT molecular complexity index is 387. The average molecular weight is 219 g/mol. The van der Waals surface area contributed by atoms with E-state index in [4.69, 9.17) is 4.74 Å². The highest BCUT2D eigenvalue weighted by Gasteiger charge is 2.24. The van der Waals surface area contributed by atoms with Crippen molar-refractivity contribution >= 4 is 0 Å². The molecule has 2 heteroatoms. The minimum absolute atomic E-state index is 0.462. The first-order valence-electron chi connectivity index (χ1n) is 6.00. The molecule has 1 aromatic rings. The van der Waals surface area contributed by atoms with Crippen molar-refractivity contribution < 1.29 is 4.74 Å². The van der Waals surface area contributed by atoms with Crippen LogP contribution in [0.3, 0.4) is 0 Å². The fourth-order valence-corrected chi connectivity index (χ4v) is 2.41. The van der Waals surface area contributed by atoms with Gasteiger partial charge in [0.15, 0.2) is 0 Å². The first-order chi connectivity index (χ1) is 7.61. The van der Waals surface area contributed by atoms with Gasteiger partial charge in [0.05, 0.1) is 7.11 Å². The number of aryl methyl sites for hydroxylation is 2. The summed E-state index contributed by atoms with van der Waals surface area (Å²) >= 11 is 0. The van der Waals surface area contributed by atoms with Crippen molar-refractivity contribution in [3.63, 3.8) is 0 Å². The van der Waals surface area contributed by atoms with Gasteiger partial charge in [-0.05, 0) is 49.9 Å². The van der Waals surface area contributed by atoms with E-state index in [2.05, 4.69) is 38.2 Å². The largest absolute Gasteiger partial charge is 0.496 e. The zero-order valence-corrected chi connectivity index (χ0v) is 10.6. The Labute approximate surface area is 98.0 Å². The molecule has 0 spiro atoms. The first-order valence-corrected chi connectivity index (χ1v) is 6.00. The highest BCUT2D eigenvalue weighted by Crippen LogP contribution is 2.34. The molecule has 16 heavy (non-hydrogen) atoms. The monoisotopic (exact) mass is 219 g/mol. The van der Waals surface area contributed by atoms with Crippen LogP contribution >= 0.6 is 0 Å². The molecule has 0 radical (unpaired) electrons. The molecule has 0 amide bonds. The topological polar surface area (TPSA) is 21.3 Å². The Morgan fingerprint density at radius 3 is 2.50 bits per heavy atom. The van der Waals surface area contributed by atoms with E-state index in [1.54, 1.807) is 7.11 Å². The van der Waals surface area contributed by atoms with Gasteiger partial charge in [0, 0.05) is 11.6 Å². The molecular weight excluding hydrogens is 198 g/mol. The summed E-state index contributed by atoms with van der Waals surface area (Å²) in [5.74, 6) is 1.78. The van der Waals surface area contributed by atoms with Gasteiger partial charge in [0.25, 0.3) is 0 Å². The lowest BCUT2D eigenvalue weighted by atomic mass is 9.96. The average Bonchev–Trinajstić information content (AvgIpc) is 2.68. The maximum atomic E-state index is 5.49. The van der Waals surface area contributed by atoms with E-state index >= 15 is 0 Å². The number of ether oxygens (including phenoxy) is 1. The minimum Gasteiger partial charge on any atom is -0.496 e. The van der Waals surface area contributed by atoms with Crippen LogP contribution in [0.5, 0.6) is 5.75 Å². The van der Waals surface area contributed by atoms with E-state index in [-0.39, 0.29) is 0 Å². The van der Waals surface area contributed by atoms with Crippen LogP contribution in [-0.4, -0.2) is 13.7 Å². The normalized spacial score (nSPS) is 24.8. The zero-order valence-electron chi connectivity index (χ0n) is 10.6. The lowest BCUT2D eigenvalue weighted by Gasteiger charge is -2.17. The molecule has 88 valence electrons. The molecule has 1 aliphatic rings. The molecule has 0 aliphatic carbocycles. The maximum absolute atomic E-state index is 5.49. The van der Waals surface area contributed by atoms with Crippen molar-refractivity contribution in [2.24, 2.45) is 5.92 Å². The van der Waals surface area contributed by atoms with Gasteiger partial charge >= 0.3 is 0 Å². The summed E-state index contributed by atoms with van der Waals surface area (Å²) in [6, 6.07) is 4.88. The highest BCUT2D eigenvalue weighted by atomic mass is 16.5. The molecule has 2 unspecified atom stereocenters. The van der Waals surface area contributed by atoms with Crippen molar-refractivity contribution in [1.82, 2.24) is 5.32 Å². The summed E-state index contributed by atoms with van der Waals surface area (Å²) in [6.45, 7) is 7.70. The van der Waals surface area contributed by atoms with Gasteiger partial charge in [0.2, 0.25) is 0 Å². The van der Waals surface area contributed by atoms with Crippen LogP contribution in [0.4, 0.5) is 0 Å². The molecule has 0 aromatic heterocycles. The second-order valence-corrected chi connectivity index (χ2v) is 4.98. The molecule has 2 rings (SSSR count). The van der Waals surface area contributed by atoms with Crippen LogP contribution < -0.4 is 10.1 Å². The van der Waals surface area contributed by atoms with E-state index in [0.29, 0.717) is 6.04 Å². The number of nitrogens with one attached hydrogen (secondary N) is 1. The third kappa shape index (κ3) is 2.07. The number of methoxy groups -OCH3 is 1. The van der Waals surface area contributed by atoms with Crippen LogP contribution in [0.15, 0.2) is 12.1 Å². The van der Waals surface area contributed by atoms with Gasteiger partial charge < -0.3 is 10.1 Å². The van der Waals surface area contributed by atoms with Crippen LogP contribution in [-0.2, 0) is 0 Å². The molecule has 1 aromatic carbocycles. The zero-order chi connectivity index (χ0) is 11.7. The summed E-state index contributed by atoms with van der Waals surface area (Å²) in [4.78, 5) is 0. The van der Waals surface area contributed by atoms with Crippen molar-refractivity contribution in [3.05, 3.63) is 28.8 Å². The number of rotatable bonds is 2. The molecule has 1 saturated heterocycles. The maximum Gasteiger partial charge on any atom is 0.123 e. The summed E-state index contributed by atoms with van der Waals surface area (Å²) < 4.78 is 5.49. The molecule has 1 heterocycles. The highest BCUT2D eigenvalue weighted by molar-refractivity contribution is 5.43. The van der Waals surface area contributed by atoms with E-state index < -0.39 is 0 Å². The first kappa shape index (κ1) is 11.5. The molecular formula is C14H21NO. The lowest BCUT2D eigenvalue weighted by Crippen LogP contribution is -2.14. The molecule has 2 atom stereocenters. The Morgan fingerprint density at radius 2 is 1.94 bits per heavy atom. The SMILES string of the molecule is COc1cc(C)c(C)cc1C1CC(C)CN1. The molecule has 0 bridgehead atoms. The van der Waals surface area contributed by atoms with Crippen molar-refractivity contribution in [3.8, 4) is 5.75 Å². The van der Waals surface area contributed by atoms with E-state index in [9.17, 15) is 0 Å². The van der Waals surface area contributed by atoms with Gasteiger partial charge in [0.1, 0.15) is 5.75 Å². The minimum atomic E-state index is 0.462. The number of benzene rings is 1. The molecule has 1 aliphatic heterocycles. The van der Waals surface area contributed by atoms with Gasteiger partial charge in [-0.3, -0.25) is 0 Å². The Kier molecular flexibility index (Phi) is 3.20. The fraction of sp³-hybridized carbons (Fsp3) is 0.571. The van der Waals surface area contributed by atoms with Crippen LogP contribution in [0.1, 0.15) is 36.1 Å². The van der Waals surface area contributed by atoms with Crippen LogP contribution in [0, 0.1) is 19.8 Å². The summed E-state index contributed by atoms with van der Waals surface area (Å²) in [7, 11) is 1.76. The van der Waals surface area contributed by atoms with Crippen LogP contribution in [0.25, 0.3) is 0 Å². The summed E-state index contributed by atoms with van der Waals surface area (Å²) in [6.07, 6.45) is 1.21. The van der Waals surface area contributed by atoms with Crippen LogP contribution in [0.2, 0.25) is 0 Å². The Hall–Kier alpha value is -1.02. The van der Waals surface area contributed by atoms with Crippen molar-refractivity contribution in [2.75, 3.05) is 13.7 Å². The van der Waals surface area contributed by atoms with Gasteiger partial charge in [-0.25, -0.2) is 0 Å². The van der Waals surface area contributed by atoms with E-state index in [0.717, 1.165) is 18.2 Å². The van der Waals surface area contributed by atoms with E-state index in [1.165, 1.54) is 23.1 Å². The smallest absolute Gasteiger partial charge is 0.123 e. The van der Waals surface area contributed by atoms with Gasteiger partial charge in [-0.1, -0.05) is 13.0 Å². The van der Waals surface area contributed by atoms with Crippen molar-refractivity contribution in [1.29, 1.82) is 0 Å². The van der Waals surface area contributed by atoms with Gasteiger partial charge in [-0.2, -0.15) is 0 Å². The van der Waals surface area contributed by atoms with Crippen molar-refractivity contribution in [2.45, 2.75) is 33.2 Å². The third-order valence-corrected chi connectivity index (χ3v) is 3.57. The molecule has 2 nitrogen and oxygen atoms in total. The Morgan fingerprint density at radius 1 is 1.25 bits per heavy atom. The lowest BCUT2D eigenvalue weighted by molar-refractivity contribution is 0.402. The van der Waals surface area contributed by atoms with E-state index in [1.807, 2.05) is 0 Å².